The number of rotatable bonds is 9. The number of hydrogen-bond donors (Lipinski definition) is 1. The summed E-state index contributed by atoms with van der Waals surface area (Å²) >= 11 is 0. The van der Waals surface area contributed by atoms with E-state index in [4.69, 9.17) is 23.7 Å². The first-order valence-electron chi connectivity index (χ1n) is 9.70. The van der Waals surface area contributed by atoms with Crippen LogP contribution in [0, 0.1) is 0 Å². The molecule has 0 radical (unpaired) electrons. The Kier molecular flexibility index (Phi) is 7.22. The third-order valence-corrected chi connectivity index (χ3v) is 4.42. The third-order valence-electron chi connectivity index (χ3n) is 4.42. The van der Waals surface area contributed by atoms with Gasteiger partial charge in [0.1, 0.15) is 11.5 Å². The average molecular weight is 423 g/mol. The van der Waals surface area contributed by atoms with Crippen molar-refractivity contribution in [3.63, 3.8) is 0 Å². The lowest BCUT2D eigenvalue weighted by atomic mass is 10.1. The highest BCUT2D eigenvalue weighted by atomic mass is 16.5. The van der Waals surface area contributed by atoms with E-state index >= 15 is 0 Å². The summed E-state index contributed by atoms with van der Waals surface area (Å²) in [6, 6.07) is 17.6. The smallest absolute Gasteiger partial charge is 0.256 e. The van der Waals surface area contributed by atoms with Crippen LogP contribution in [0.1, 0.15) is 17.3 Å². The van der Waals surface area contributed by atoms with Crippen LogP contribution in [-0.2, 0) is 0 Å². The predicted octanol–water partition coefficient (Wildman–Crippen LogP) is 5.16. The Morgan fingerprint density at radius 3 is 2.00 bits per heavy atom. The second-order valence-corrected chi connectivity index (χ2v) is 6.37. The Balaban J connectivity index is 1.83. The quantitative estimate of drug-likeness (QED) is 0.513. The fourth-order valence-corrected chi connectivity index (χ4v) is 2.96. The molecule has 0 heterocycles. The molecule has 0 atom stereocenters. The predicted molar refractivity (Wildman–Crippen MR) is 118 cm³/mol. The highest BCUT2D eigenvalue weighted by Crippen LogP contribution is 2.38. The zero-order valence-electron chi connectivity index (χ0n) is 17.9. The normalized spacial score (nSPS) is 10.2. The molecule has 7 nitrogen and oxygen atoms in total. The number of methoxy groups -OCH3 is 3. The number of para-hydroxylation sites is 2. The van der Waals surface area contributed by atoms with Crippen molar-refractivity contribution < 1.29 is 28.5 Å². The molecule has 0 spiro atoms. The Bertz CT molecular complexity index is 1010. The van der Waals surface area contributed by atoms with Gasteiger partial charge in [-0.05, 0) is 55.5 Å². The highest BCUT2D eigenvalue weighted by molar-refractivity contribution is 6.05. The second-order valence-electron chi connectivity index (χ2n) is 6.37. The molecule has 7 heteroatoms. The summed E-state index contributed by atoms with van der Waals surface area (Å²) in [6.45, 7) is 2.52. The molecule has 31 heavy (non-hydrogen) atoms. The first-order chi connectivity index (χ1) is 15.1. The van der Waals surface area contributed by atoms with Gasteiger partial charge in [-0.3, -0.25) is 4.79 Å². The standard InChI is InChI=1S/C24H25NO6/c1-5-30-17-10-12-18(13-11-17)31-20-9-7-6-8-19(20)25-24(26)16-14-21(27-2)23(29-4)22(15-16)28-3/h6-15H,5H2,1-4H3,(H,25,26). The van der Waals surface area contributed by atoms with Gasteiger partial charge < -0.3 is 29.0 Å². The van der Waals surface area contributed by atoms with E-state index in [9.17, 15) is 4.79 Å². The second kappa shape index (κ2) is 10.2. The lowest BCUT2D eigenvalue weighted by Gasteiger charge is -2.15. The summed E-state index contributed by atoms with van der Waals surface area (Å²) in [7, 11) is 4.51. The van der Waals surface area contributed by atoms with E-state index in [1.807, 2.05) is 43.3 Å². The van der Waals surface area contributed by atoms with Gasteiger partial charge >= 0.3 is 0 Å². The largest absolute Gasteiger partial charge is 0.494 e. The number of anilines is 1. The van der Waals surface area contributed by atoms with E-state index < -0.39 is 0 Å². The van der Waals surface area contributed by atoms with Gasteiger partial charge in [-0.25, -0.2) is 0 Å². The minimum absolute atomic E-state index is 0.345. The van der Waals surface area contributed by atoms with Crippen LogP contribution in [0.2, 0.25) is 0 Å². The van der Waals surface area contributed by atoms with E-state index in [2.05, 4.69) is 5.32 Å². The molecule has 0 fully saturated rings. The molecule has 1 N–H and O–H groups in total. The summed E-state index contributed by atoms with van der Waals surface area (Å²) in [6.07, 6.45) is 0. The van der Waals surface area contributed by atoms with Crippen LogP contribution in [0.15, 0.2) is 60.7 Å². The molecular weight excluding hydrogens is 398 g/mol. The van der Waals surface area contributed by atoms with Gasteiger partial charge in [0.05, 0.1) is 33.6 Å². The van der Waals surface area contributed by atoms with Gasteiger partial charge in [0.25, 0.3) is 5.91 Å². The number of amides is 1. The number of carbonyl (C=O) groups excluding carboxylic acids is 1. The van der Waals surface area contributed by atoms with E-state index in [0.717, 1.165) is 5.75 Å². The molecule has 0 saturated heterocycles. The van der Waals surface area contributed by atoms with Crippen molar-refractivity contribution in [3.05, 3.63) is 66.2 Å². The van der Waals surface area contributed by atoms with Crippen molar-refractivity contribution >= 4 is 11.6 Å². The molecule has 3 aromatic carbocycles. The summed E-state index contributed by atoms with van der Waals surface area (Å²) < 4.78 is 27.4. The van der Waals surface area contributed by atoms with Gasteiger partial charge in [-0.1, -0.05) is 12.1 Å². The zero-order valence-corrected chi connectivity index (χ0v) is 17.9. The van der Waals surface area contributed by atoms with E-state index in [-0.39, 0.29) is 5.91 Å². The first-order valence-corrected chi connectivity index (χ1v) is 9.70. The lowest BCUT2D eigenvalue weighted by Crippen LogP contribution is -2.13. The van der Waals surface area contributed by atoms with Crippen LogP contribution in [0.3, 0.4) is 0 Å². The highest BCUT2D eigenvalue weighted by Gasteiger charge is 2.18. The van der Waals surface area contributed by atoms with Gasteiger partial charge in [0, 0.05) is 5.56 Å². The maximum Gasteiger partial charge on any atom is 0.256 e. The van der Waals surface area contributed by atoms with Crippen LogP contribution in [0.25, 0.3) is 0 Å². The number of carbonyl (C=O) groups is 1. The minimum Gasteiger partial charge on any atom is -0.494 e. The van der Waals surface area contributed by atoms with Crippen molar-refractivity contribution in [1.82, 2.24) is 0 Å². The van der Waals surface area contributed by atoms with Crippen LogP contribution >= 0.6 is 0 Å². The van der Waals surface area contributed by atoms with E-state index in [0.29, 0.717) is 46.6 Å². The van der Waals surface area contributed by atoms with Gasteiger partial charge in [-0.2, -0.15) is 0 Å². The summed E-state index contributed by atoms with van der Waals surface area (Å²) in [4.78, 5) is 12.9. The average Bonchev–Trinajstić information content (AvgIpc) is 2.80. The van der Waals surface area contributed by atoms with Crippen molar-refractivity contribution in [2.45, 2.75) is 6.92 Å². The Morgan fingerprint density at radius 2 is 1.42 bits per heavy atom. The number of ether oxygens (including phenoxy) is 5. The Labute approximate surface area is 181 Å². The van der Waals surface area contributed by atoms with Crippen LogP contribution in [0.4, 0.5) is 5.69 Å². The zero-order chi connectivity index (χ0) is 22.2. The summed E-state index contributed by atoms with van der Waals surface area (Å²) in [5.41, 5.74) is 0.875. The monoisotopic (exact) mass is 423 g/mol. The molecule has 3 rings (SSSR count). The van der Waals surface area contributed by atoms with Crippen molar-refractivity contribution in [1.29, 1.82) is 0 Å². The van der Waals surface area contributed by atoms with Crippen LogP contribution in [-0.4, -0.2) is 33.8 Å². The molecule has 0 aliphatic carbocycles. The molecule has 0 aromatic heterocycles. The SMILES string of the molecule is CCOc1ccc(Oc2ccccc2NC(=O)c2cc(OC)c(OC)c(OC)c2)cc1. The van der Waals surface area contributed by atoms with E-state index in [1.54, 1.807) is 24.3 Å². The summed E-state index contributed by atoms with van der Waals surface area (Å²) in [5.74, 6) is 2.75. The van der Waals surface area contributed by atoms with Crippen LogP contribution < -0.4 is 29.0 Å². The first kappa shape index (κ1) is 21.8. The number of benzene rings is 3. The molecule has 0 bridgehead atoms. The van der Waals surface area contributed by atoms with Gasteiger partial charge in [-0.15, -0.1) is 0 Å². The van der Waals surface area contributed by atoms with E-state index in [1.165, 1.54) is 21.3 Å². The maximum atomic E-state index is 12.9. The van der Waals surface area contributed by atoms with Crippen molar-refractivity contribution in [3.8, 4) is 34.5 Å². The molecule has 0 unspecified atom stereocenters. The molecule has 0 aliphatic heterocycles. The number of nitrogens with one attached hydrogen (secondary N) is 1. The molecule has 3 aromatic rings. The fraction of sp³-hybridized carbons (Fsp3) is 0.208. The molecule has 0 saturated carbocycles. The molecular formula is C24H25NO6. The number of hydrogen-bond acceptors (Lipinski definition) is 6. The van der Waals surface area contributed by atoms with Crippen LogP contribution in [0.5, 0.6) is 34.5 Å². The Morgan fingerprint density at radius 1 is 0.806 bits per heavy atom. The van der Waals surface area contributed by atoms with Crippen molar-refractivity contribution in [2.24, 2.45) is 0 Å². The Hall–Kier alpha value is -3.87. The third kappa shape index (κ3) is 5.19. The molecule has 162 valence electrons. The fourth-order valence-electron chi connectivity index (χ4n) is 2.96. The summed E-state index contributed by atoms with van der Waals surface area (Å²) in [5, 5.41) is 2.88. The molecule has 0 aliphatic rings. The lowest BCUT2D eigenvalue weighted by molar-refractivity contribution is 0.102. The molecule has 1 amide bonds. The van der Waals surface area contributed by atoms with Gasteiger partial charge in [0.15, 0.2) is 17.2 Å². The topological polar surface area (TPSA) is 75.3 Å². The van der Waals surface area contributed by atoms with Gasteiger partial charge in [0.2, 0.25) is 5.75 Å². The maximum absolute atomic E-state index is 12.9. The van der Waals surface area contributed by atoms with Crippen molar-refractivity contribution in [2.75, 3.05) is 33.3 Å². The minimum atomic E-state index is -0.345.